The Morgan fingerprint density at radius 2 is 2.10 bits per heavy atom. The van der Waals surface area contributed by atoms with E-state index in [4.69, 9.17) is 16.7 Å². The van der Waals surface area contributed by atoms with Crippen molar-refractivity contribution in [2.45, 2.75) is 32.6 Å². The molecule has 0 aliphatic heterocycles. The maximum Gasteiger partial charge on any atom is 0.308 e. The van der Waals surface area contributed by atoms with Crippen LogP contribution in [0.15, 0.2) is 24.3 Å². The molecule has 1 amide bonds. The molecule has 1 rings (SSSR count). The number of amides is 1. The lowest BCUT2D eigenvalue weighted by molar-refractivity contribution is -0.142. The Morgan fingerprint density at radius 3 is 2.65 bits per heavy atom. The molecule has 0 aliphatic rings. The SMILES string of the molecule is CCCC(CNC(=O)C(C)c1cccc(Cl)c1)C(=O)O. The van der Waals surface area contributed by atoms with Crippen molar-refractivity contribution in [2.75, 3.05) is 6.54 Å². The van der Waals surface area contributed by atoms with E-state index in [1.807, 2.05) is 13.0 Å². The standard InChI is InChI=1S/C15H20ClNO3/c1-3-5-12(15(19)20)9-17-14(18)10(2)11-6-4-7-13(16)8-11/h4,6-8,10,12H,3,5,9H2,1-2H3,(H,17,18)(H,19,20). The lowest BCUT2D eigenvalue weighted by atomic mass is 9.99. The lowest BCUT2D eigenvalue weighted by Crippen LogP contribution is -2.35. The van der Waals surface area contributed by atoms with Crippen LogP contribution in [0.2, 0.25) is 5.02 Å². The Bertz CT molecular complexity index is 476. The average Bonchev–Trinajstić information content (AvgIpc) is 2.41. The number of rotatable bonds is 7. The number of carbonyl (C=O) groups is 2. The highest BCUT2D eigenvalue weighted by Gasteiger charge is 2.20. The van der Waals surface area contributed by atoms with Crippen LogP contribution in [-0.4, -0.2) is 23.5 Å². The first-order chi connectivity index (χ1) is 9.45. The van der Waals surface area contributed by atoms with Gasteiger partial charge in [-0.1, -0.05) is 37.1 Å². The number of carboxylic acids is 1. The minimum absolute atomic E-state index is 0.160. The van der Waals surface area contributed by atoms with Gasteiger partial charge in [0.05, 0.1) is 11.8 Å². The predicted octanol–water partition coefficient (Wildman–Crippen LogP) is 3.06. The summed E-state index contributed by atoms with van der Waals surface area (Å²) in [7, 11) is 0. The molecule has 1 aromatic carbocycles. The molecule has 2 unspecified atom stereocenters. The number of hydrogen-bond donors (Lipinski definition) is 2. The second-order valence-corrected chi connectivity index (χ2v) is 5.28. The van der Waals surface area contributed by atoms with Crippen LogP contribution in [0.4, 0.5) is 0 Å². The molecule has 2 N–H and O–H groups in total. The van der Waals surface area contributed by atoms with Crippen LogP contribution in [0.25, 0.3) is 0 Å². The summed E-state index contributed by atoms with van der Waals surface area (Å²) < 4.78 is 0. The summed E-state index contributed by atoms with van der Waals surface area (Å²) in [6.07, 6.45) is 1.33. The minimum Gasteiger partial charge on any atom is -0.481 e. The van der Waals surface area contributed by atoms with Crippen LogP contribution >= 0.6 is 11.6 Å². The number of hydrogen-bond acceptors (Lipinski definition) is 2. The highest BCUT2D eigenvalue weighted by molar-refractivity contribution is 6.30. The Labute approximate surface area is 124 Å². The van der Waals surface area contributed by atoms with Crippen molar-refractivity contribution >= 4 is 23.5 Å². The summed E-state index contributed by atoms with van der Waals surface area (Å²) in [4.78, 5) is 23.1. The molecule has 0 aromatic heterocycles. The number of carbonyl (C=O) groups excluding carboxylic acids is 1. The Hall–Kier alpha value is -1.55. The van der Waals surface area contributed by atoms with Gasteiger partial charge in [0.25, 0.3) is 0 Å². The third-order valence-electron chi connectivity index (χ3n) is 3.25. The molecule has 0 bridgehead atoms. The minimum atomic E-state index is -0.873. The molecule has 0 radical (unpaired) electrons. The monoisotopic (exact) mass is 297 g/mol. The molecule has 0 saturated carbocycles. The van der Waals surface area contributed by atoms with E-state index in [1.54, 1.807) is 25.1 Å². The maximum atomic E-state index is 12.0. The fraction of sp³-hybridized carbons (Fsp3) is 0.467. The van der Waals surface area contributed by atoms with Gasteiger partial charge in [-0.05, 0) is 31.0 Å². The zero-order chi connectivity index (χ0) is 15.1. The molecular weight excluding hydrogens is 278 g/mol. The molecule has 0 aliphatic carbocycles. The molecule has 0 fully saturated rings. The van der Waals surface area contributed by atoms with Crippen LogP contribution in [0, 0.1) is 5.92 Å². The van der Waals surface area contributed by atoms with Crippen molar-refractivity contribution in [2.24, 2.45) is 5.92 Å². The fourth-order valence-corrected chi connectivity index (χ4v) is 2.16. The largest absolute Gasteiger partial charge is 0.481 e. The van der Waals surface area contributed by atoms with Crippen molar-refractivity contribution in [3.63, 3.8) is 0 Å². The molecule has 0 spiro atoms. The molecule has 1 aromatic rings. The van der Waals surface area contributed by atoms with Gasteiger partial charge in [0.15, 0.2) is 0 Å². The van der Waals surface area contributed by atoms with Gasteiger partial charge in [0, 0.05) is 11.6 Å². The van der Waals surface area contributed by atoms with Gasteiger partial charge >= 0.3 is 5.97 Å². The second kappa shape index (κ2) is 7.90. The molecule has 20 heavy (non-hydrogen) atoms. The third-order valence-corrected chi connectivity index (χ3v) is 3.49. The normalized spacial score (nSPS) is 13.6. The summed E-state index contributed by atoms with van der Waals surface area (Å²) in [6, 6.07) is 7.11. The molecule has 2 atom stereocenters. The van der Waals surface area contributed by atoms with Crippen LogP contribution < -0.4 is 5.32 Å². The van der Waals surface area contributed by atoms with Crippen LogP contribution in [0.1, 0.15) is 38.2 Å². The predicted molar refractivity (Wildman–Crippen MR) is 78.9 cm³/mol. The van der Waals surface area contributed by atoms with E-state index >= 15 is 0 Å². The van der Waals surface area contributed by atoms with E-state index in [0.717, 1.165) is 12.0 Å². The smallest absolute Gasteiger partial charge is 0.308 e. The van der Waals surface area contributed by atoms with Crippen LogP contribution in [0.5, 0.6) is 0 Å². The lowest BCUT2D eigenvalue weighted by Gasteiger charge is -2.16. The van der Waals surface area contributed by atoms with Gasteiger partial charge in [0.2, 0.25) is 5.91 Å². The zero-order valence-electron chi connectivity index (χ0n) is 11.7. The van der Waals surface area contributed by atoms with E-state index in [0.29, 0.717) is 11.4 Å². The highest BCUT2D eigenvalue weighted by Crippen LogP contribution is 2.19. The summed E-state index contributed by atoms with van der Waals surface area (Å²) >= 11 is 5.89. The van der Waals surface area contributed by atoms with Gasteiger partial charge < -0.3 is 10.4 Å². The van der Waals surface area contributed by atoms with E-state index in [9.17, 15) is 9.59 Å². The summed E-state index contributed by atoms with van der Waals surface area (Å²) in [5.41, 5.74) is 0.817. The Balaban J connectivity index is 2.60. The van der Waals surface area contributed by atoms with E-state index in [2.05, 4.69) is 5.32 Å². The molecule has 0 heterocycles. The second-order valence-electron chi connectivity index (χ2n) is 4.85. The van der Waals surface area contributed by atoms with Gasteiger partial charge in [-0.2, -0.15) is 0 Å². The quantitative estimate of drug-likeness (QED) is 0.813. The first-order valence-electron chi connectivity index (χ1n) is 6.71. The number of nitrogens with one attached hydrogen (secondary N) is 1. The average molecular weight is 298 g/mol. The van der Waals surface area contributed by atoms with Gasteiger partial charge in [-0.15, -0.1) is 0 Å². The number of carboxylic acid groups (broad SMARTS) is 1. The zero-order valence-corrected chi connectivity index (χ0v) is 12.5. The van der Waals surface area contributed by atoms with Crippen LogP contribution in [-0.2, 0) is 9.59 Å². The molecule has 110 valence electrons. The van der Waals surface area contributed by atoms with Crippen molar-refractivity contribution in [3.05, 3.63) is 34.9 Å². The summed E-state index contributed by atoms with van der Waals surface area (Å²) in [5, 5.41) is 12.3. The Morgan fingerprint density at radius 1 is 1.40 bits per heavy atom. The van der Waals surface area contributed by atoms with Gasteiger partial charge in [-0.25, -0.2) is 0 Å². The molecule has 0 saturated heterocycles. The number of aliphatic carboxylic acids is 1. The van der Waals surface area contributed by atoms with Gasteiger partial charge in [0.1, 0.15) is 0 Å². The molecule has 4 nitrogen and oxygen atoms in total. The summed E-state index contributed by atoms with van der Waals surface area (Å²) in [5.74, 6) is -1.95. The Kier molecular flexibility index (Phi) is 6.52. The van der Waals surface area contributed by atoms with Crippen LogP contribution in [0.3, 0.4) is 0 Å². The molecular formula is C15H20ClNO3. The third kappa shape index (κ3) is 4.85. The van der Waals surface area contributed by atoms with Crippen molar-refractivity contribution in [1.29, 1.82) is 0 Å². The van der Waals surface area contributed by atoms with E-state index in [1.165, 1.54) is 0 Å². The van der Waals surface area contributed by atoms with Gasteiger partial charge in [-0.3, -0.25) is 9.59 Å². The first-order valence-corrected chi connectivity index (χ1v) is 7.09. The first kappa shape index (κ1) is 16.5. The topological polar surface area (TPSA) is 66.4 Å². The van der Waals surface area contributed by atoms with E-state index in [-0.39, 0.29) is 18.4 Å². The van der Waals surface area contributed by atoms with Crippen molar-refractivity contribution < 1.29 is 14.7 Å². The number of benzene rings is 1. The van der Waals surface area contributed by atoms with Crippen molar-refractivity contribution in [3.8, 4) is 0 Å². The fourth-order valence-electron chi connectivity index (χ4n) is 1.97. The van der Waals surface area contributed by atoms with Crippen molar-refractivity contribution in [1.82, 2.24) is 5.32 Å². The number of halogens is 1. The van der Waals surface area contributed by atoms with E-state index < -0.39 is 11.9 Å². The summed E-state index contributed by atoms with van der Waals surface area (Å²) in [6.45, 7) is 3.86. The maximum absolute atomic E-state index is 12.0. The highest BCUT2D eigenvalue weighted by atomic mass is 35.5. The molecule has 5 heteroatoms.